The van der Waals surface area contributed by atoms with E-state index in [0.717, 1.165) is 22.5 Å². The molecule has 1 aromatic heterocycles. The molecule has 0 bridgehead atoms. The van der Waals surface area contributed by atoms with E-state index in [-0.39, 0.29) is 34.4 Å². The summed E-state index contributed by atoms with van der Waals surface area (Å²) in [6.07, 6.45) is -0.405. The number of benzene rings is 3. The van der Waals surface area contributed by atoms with Gasteiger partial charge in [0, 0.05) is 36.1 Å². The van der Waals surface area contributed by atoms with Crippen molar-refractivity contribution in [2.24, 2.45) is 0 Å². The van der Waals surface area contributed by atoms with Gasteiger partial charge in [-0.1, -0.05) is 83.9 Å². The van der Waals surface area contributed by atoms with Crippen LogP contribution in [0.2, 0.25) is 10.0 Å². The summed E-state index contributed by atoms with van der Waals surface area (Å²) in [7, 11) is 0. The molecule has 2 heterocycles. The Balaban J connectivity index is 1.37. The summed E-state index contributed by atoms with van der Waals surface area (Å²) in [6, 6.07) is 25.2. The molecule has 8 nitrogen and oxygen atoms in total. The van der Waals surface area contributed by atoms with Gasteiger partial charge in [-0.3, -0.25) is 14.6 Å². The number of anilines is 1. The third-order valence-corrected chi connectivity index (χ3v) is 8.55. The Morgan fingerprint density at radius 1 is 0.881 bits per heavy atom. The number of ether oxygens (including phenoxy) is 1. The van der Waals surface area contributed by atoms with E-state index in [1.54, 1.807) is 17.0 Å². The van der Waals surface area contributed by atoms with E-state index >= 15 is 0 Å². The fraction of sp³-hybridized carbons (Fsp3) is 0.194. The normalized spacial score (nSPS) is 13.5. The highest BCUT2D eigenvalue weighted by molar-refractivity contribution is 7.18. The largest absolute Gasteiger partial charge is 0.477 e. The molecule has 42 heavy (non-hydrogen) atoms. The standard InChI is InChI=1S/C31H27Cl2N3O5S/c32-23-11-12-24(25(33)17-23)29(37)36(26-18-27(42-28(26)30(38)39)22-9-5-2-6-10-22)20-34-13-15-35(16-14-34)31(40)41-19-21-7-3-1-4-8-21/h1-12,17-18H,13-16,19-20H2,(H,38,39). The zero-order valence-corrected chi connectivity index (χ0v) is 24.7. The van der Waals surface area contributed by atoms with Crippen molar-refractivity contribution in [1.29, 1.82) is 0 Å². The fourth-order valence-electron chi connectivity index (χ4n) is 4.62. The molecule has 0 saturated carbocycles. The maximum Gasteiger partial charge on any atom is 0.410 e. The van der Waals surface area contributed by atoms with Crippen LogP contribution in [0.1, 0.15) is 25.6 Å². The van der Waals surface area contributed by atoms with E-state index in [1.807, 2.05) is 65.6 Å². The Morgan fingerprint density at radius 2 is 1.55 bits per heavy atom. The van der Waals surface area contributed by atoms with Crippen molar-refractivity contribution in [2.75, 3.05) is 37.7 Å². The minimum absolute atomic E-state index is 0.0374. The van der Waals surface area contributed by atoms with E-state index in [2.05, 4.69) is 0 Å². The maximum atomic E-state index is 14.0. The third-order valence-electron chi connectivity index (χ3n) is 6.84. The average molecular weight is 625 g/mol. The number of thiophene rings is 1. The number of rotatable bonds is 8. The first kappa shape index (κ1) is 29.6. The predicted molar refractivity (Wildman–Crippen MR) is 165 cm³/mol. The highest BCUT2D eigenvalue weighted by Crippen LogP contribution is 2.38. The summed E-state index contributed by atoms with van der Waals surface area (Å²) >= 11 is 13.6. The van der Waals surface area contributed by atoms with Crippen molar-refractivity contribution in [1.82, 2.24) is 9.80 Å². The Hall–Kier alpha value is -3.89. The van der Waals surface area contributed by atoms with E-state index in [0.29, 0.717) is 36.1 Å². The van der Waals surface area contributed by atoms with Crippen molar-refractivity contribution in [2.45, 2.75) is 6.61 Å². The van der Waals surface area contributed by atoms with Gasteiger partial charge in [0.1, 0.15) is 11.5 Å². The molecule has 0 atom stereocenters. The van der Waals surface area contributed by atoms with Gasteiger partial charge in [0.05, 0.1) is 22.9 Å². The molecule has 11 heteroatoms. The van der Waals surface area contributed by atoms with Gasteiger partial charge in [-0.05, 0) is 35.4 Å². The van der Waals surface area contributed by atoms with E-state index in [4.69, 9.17) is 27.9 Å². The van der Waals surface area contributed by atoms with Crippen LogP contribution >= 0.6 is 34.5 Å². The maximum absolute atomic E-state index is 14.0. The number of carbonyl (C=O) groups excluding carboxylic acids is 2. The topological polar surface area (TPSA) is 90.4 Å². The lowest BCUT2D eigenvalue weighted by molar-refractivity contribution is 0.0686. The summed E-state index contributed by atoms with van der Waals surface area (Å²) in [4.78, 5) is 44.8. The van der Waals surface area contributed by atoms with Crippen LogP contribution in [-0.4, -0.2) is 65.7 Å². The molecule has 1 saturated heterocycles. The number of hydrogen-bond donors (Lipinski definition) is 1. The molecule has 2 amide bonds. The van der Waals surface area contributed by atoms with E-state index < -0.39 is 18.0 Å². The number of piperazine rings is 1. The van der Waals surface area contributed by atoms with Gasteiger partial charge < -0.3 is 14.7 Å². The molecule has 1 aliphatic rings. The molecule has 5 rings (SSSR count). The number of carbonyl (C=O) groups is 3. The first-order valence-electron chi connectivity index (χ1n) is 13.2. The van der Waals surface area contributed by atoms with Crippen LogP contribution in [0, 0.1) is 0 Å². The smallest absolute Gasteiger partial charge is 0.410 e. The van der Waals surface area contributed by atoms with Crippen molar-refractivity contribution < 1.29 is 24.2 Å². The zero-order valence-electron chi connectivity index (χ0n) is 22.4. The number of aromatic carboxylic acids is 1. The van der Waals surface area contributed by atoms with Crippen LogP contribution in [0.3, 0.4) is 0 Å². The second kappa shape index (κ2) is 13.4. The van der Waals surface area contributed by atoms with Gasteiger partial charge in [-0.15, -0.1) is 11.3 Å². The van der Waals surface area contributed by atoms with Crippen LogP contribution < -0.4 is 4.90 Å². The van der Waals surface area contributed by atoms with Gasteiger partial charge in [0.25, 0.3) is 5.91 Å². The van der Waals surface area contributed by atoms with Crippen LogP contribution in [-0.2, 0) is 11.3 Å². The summed E-state index contributed by atoms with van der Waals surface area (Å²) in [5.41, 5.74) is 2.22. The van der Waals surface area contributed by atoms with Crippen molar-refractivity contribution in [3.63, 3.8) is 0 Å². The summed E-state index contributed by atoms with van der Waals surface area (Å²) in [5, 5.41) is 10.7. The number of amides is 2. The molecule has 0 radical (unpaired) electrons. The lowest BCUT2D eigenvalue weighted by Crippen LogP contribution is -2.52. The predicted octanol–water partition coefficient (Wildman–Crippen LogP) is 6.98. The fourth-order valence-corrected chi connectivity index (χ4v) is 6.12. The molecule has 1 aliphatic heterocycles. The SMILES string of the molecule is O=C(O)c1sc(-c2ccccc2)cc1N(CN1CCN(C(=O)OCc2ccccc2)CC1)C(=O)c1ccc(Cl)cc1Cl. The van der Waals surface area contributed by atoms with Gasteiger partial charge in [0.2, 0.25) is 0 Å². The van der Waals surface area contributed by atoms with Gasteiger partial charge in [0.15, 0.2) is 0 Å². The van der Waals surface area contributed by atoms with Crippen molar-refractivity contribution >= 4 is 58.2 Å². The third kappa shape index (κ3) is 6.94. The summed E-state index contributed by atoms with van der Waals surface area (Å²) in [6.45, 7) is 1.97. The number of halogens is 2. The zero-order chi connectivity index (χ0) is 29.6. The van der Waals surface area contributed by atoms with Crippen LogP contribution in [0.5, 0.6) is 0 Å². The van der Waals surface area contributed by atoms with Gasteiger partial charge in [-0.25, -0.2) is 9.59 Å². The molecular formula is C31H27Cl2N3O5S. The first-order chi connectivity index (χ1) is 20.3. The second-order valence-corrected chi connectivity index (χ2v) is 11.5. The van der Waals surface area contributed by atoms with Gasteiger partial charge in [-0.2, -0.15) is 0 Å². The van der Waals surface area contributed by atoms with E-state index in [9.17, 15) is 19.5 Å². The first-order valence-corrected chi connectivity index (χ1v) is 14.7. The van der Waals surface area contributed by atoms with Crippen molar-refractivity contribution in [3.05, 3.63) is 111 Å². The molecule has 3 aromatic carbocycles. The Kier molecular flexibility index (Phi) is 9.44. The number of hydrogen-bond acceptors (Lipinski definition) is 6. The molecule has 0 unspecified atom stereocenters. The molecule has 1 fully saturated rings. The Morgan fingerprint density at radius 3 is 2.19 bits per heavy atom. The molecule has 0 spiro atoms. The van der Waals surface area contributed by atoms with Crippen molar-refractivity contribution in [3.8, 4) is 10.4 Å². The molecule has 0 aliphatic carbocycles. The lowest BCUT2D eigenvalue weighted by Gasteiger charge is -2.37. The van der Waals surface area contributed by atoms with E-state index in [1.165, 1.54) is 17.0 Å². The second-order valence-electron chi connectivity index (χ2n) is 9.64. The molecule has 216 valence electrons. The Bertz CT molecular complexity index is 1570. The monoisotopic (exact) mass is 623 g/mol. The van der Waals surface area contributed by atoms with Crippen LogP contribution in [0.4, 0.5) is 10.5 Å². The highest BCUT2D eigenvalue weighted by Gasteiger charge is 2.31. The average Bonchev–Trinajstić information content (AvgIpc) is 3.45. The molecule has 1 N–H and O–H groups in total. The highest BCUT2D eigenvalue weighted by atomic mass is 35.5. The summed E-state index contributed by atoms with van der Waals surface area (Å²) in [5.74, 6) is -1.59. The number of carboxylic acid groups (broad SMARTS) is 1. The molecular weight excluding hydrogens is 597 g/mol. The number of nitrogens with zero attached hydrogens (tertiary/aromatic N) is 3. The number of carboxylic acids is 1. The minimum atomic E-state index is -1.14. The lowest BCUT2D eigenvalue weighted by atomic mass is 10.1. The van der Waals surface area contributed by atoms with Crippen LogP contribution in [0.15, 0.2) is 84.9 Å². The summed E-state index contributed by atoms with van der Waals surface area (Å²) < 4.78 is 5.47. The molecule has 4 aromatic rings. The van der Waals surface area contributed by atoms with Gasteiger partial charge >= 0.3 is 12.1 Å². The minimum Gasteiger partial charge on any atom is -0.477 e. The van der Waals surface area contributed by atoms with Crippen LogP contribution in [0.25, 0.3) is 10.4 Å². The quantitative estimate of drug-likeness (QED) is 0.228. The Labute approximate surface area is 257 Å².